The molecule has 0 atom stereocenters. The first-order chi connectivity index (χ1) is 7.66. The monoisotopic (exact) mass is 218 g/mol. The molecule has 5 heteroatoms. The summed E-state index contributed by atoms with van der Waals surface area (Å²) >= 11 is 0. The highest BCUT2D eigenvalue weighted by atomic mass is 16.4. The van der Waals surface area contributed by atoms with E-state index in [1.165, 1.54) is 12.1 Å². The van der Waals surface area contributed by atoms with Gasteiger partial charge in [0.1, 0.15) is 0 Å². The number of carbonyl (C=O) groups excluding carboxylic acids is 1. The second kappa shape index (κ2) is 4.14. The van der Waals surface area contributed by atoms with Gasteiger partial charge < -0.3 is 10.4 Å². The summed E-state index contributed by atoms with van der Waals surface area (Å²) in [5.41, 5.74) is 0.879. The largest absolute Gasteiger partial charge is 0.478 e. The summed E-state index contributed by atoms with van der Waals surface area (Å²) in [5, 5.41) is 11.6. The molecule has 0 amide bonds. The Morgan fingerprint density at radius 3 is 2.50 bits per heavy atom. The maximum atomic E-state index is 11.3. The molecule has 1 aromatic carbocycles. The number of ketones is 1. The van der Waals surface area contributed by atoms with Gasteiger partial charge in [0.05, 0.1) is 5.56 Å². The number of benzene rings is 1. The molecule has 0 spiro atoms. The quantitative estimate of drug-likeness (QED) is 0.780. The van der Waals surface area contributed by atoms with Crippen LogP contribution in [0.15, 0.2) is 29.3 Å². The first-order valence-corrected chi connectivity index (χ1v) is 4.85. The van der Waals surface area contributed by atoms with E-state index in [1.807, 2.05) is 0 Å². The number of nitrogens with zero attached hydrogens (tertiary/aromatic N) is 1. The lowest BCUT2D eigenvalue weighted by Gasteiger charge is -2.04. The molecule has 0 radical (unpaired) electrons. The van der Waals surface area contributed by atoms with Crippen LogP contribution in [-0.2, 0) is 4.79 Å². The molecule has 0 aromatic heterocycles. The summed E-state index contributed by atoms with van der Waals surface area (Å²) in [6.07, 6.45) is 0.440. The minimum atomic E-state index is -0.971. The predicted octanol–water partition coefficient (Wildman–Crippen LogP) is 1.17. The van der Waals surface area contributed by atoms with Gasteiger partial charge in [-0.2, -0.15) is 0 Å². The van der Waals surface area contributed by atoms with Crippen LogP contribution in [-0.4, -0.2) is 29.2 Å². The van der Waals surface area contributed by atoms with Crippen molar-refractivity contribution in [1.29, 1.82) is 0 Å². The Hall–Kier alpha value is -2.17. The van der Waals surface area contributed by atoms with Crippen LogP contribution >= 0.6 is 0 Å². The number of aromatic carboxylic acids is 1. The number of carboxylic acid groups (broad SMARTS) is 1. The van der Waals surface area contributed by atoms with Gasteiger partial charge in [-0.25, -0.2) is 4.79 Å². The van der Waals surface area contributed by atoms with E-state index >= 15 is 0 Å². The molecule has 82 valence electrons. The van der Waals surface area contributed by atoms with E-state index < -0.39 is 5.97 Å². The van der Waals surface area contributed by atoms with Crippen molar-refractivity contribution in [1.82, 2.24) is 0 Å². The van der Waals surface area contributed by atoms with Crippen molar-refractivity contribution >= 4 is 23.3 Å². The first kappa shape index (κ1) is 10.4. The van der Waals surface area contributed by atoms with E-state index in [4.69, 9.17) is 5.11 Å². The Balaban J connectivity index is 2.11. The fourth-order valence-corrected chi connectivity index (χ4v) is 1.42. The van der Waals surface area contributed by atoms with Gasteiger partial charge in [-0.05, 0) is 24.3 Å². The van der Waals surface area contributed by atoms with Crippen molar-refractivity contribution in [2.24, 2.45) is 4.99 Å². The van der Waals surface area contributed by atoms with Gasteiger partial charge in [0.15, 0.2) is 11.6 Å². The summed E-state index contributed by atoms with van der Waals surface area (Å²) in [5.74, 6) is -0.633. The van der Waals surface area contributed by atoms with E-state index in [0.717, 1.165) is 0 Å². The maximum absolute atomic E-state index is 11.3. The van der Waals surface area contributed by atoms with Crippen LogP contribution in [0.1, 0.15) is 16.8 Å². The molecule has 1 aliphatic rings. The molecular formula is C11H10N2O3. The van der Waals surface area contributed by atoms with Gasteiger partial charge in [0.2, 0.25) is 0 Å². The van der Waals surface area contributed by atoms with E-state index in [0.29, 0.717) is 24.5 Å². The average molecular weight is 218 g/mol. The summed E-state index contributed by atoms with van der Waals surface area (Å²) < 4.78 is 0. The summed E-state index contributed by atoms with van der Waals surface area (Å²) in [6, 6.07) is 6.17. The lowest BCUT2D eigenvalue weighted by Crippen LogP contribution is -2.18. The van der Waals surface area contributed by atoms with E-state index in [2.05, 4.69) is 10.3 Å². The van der Waals surface area contributed by atoms with Crippen LogP contribution in [0, 0.1) is 0 Å². The smallest absolute Gasteiger partial charge is 0.335 e. The topological polar surface area (TPSA) is 78.8 Å². The molecule has 0 bridgehead atoms. The van der Waals surface area contributed by atoms with Gasteiger partial charge in [0.25, 0.3) is 0 Å². The molecule has 5 nitrogen and oxygen atoms in total. The number of anilines is 1. The molecule has 0 fully saturated rings. The van der Waals surface area contributed by atoms with E-state index in [-0.39, 0.29) is 11.3 Å². The molecule has 2 N–H and O–H groups in total. The summed E-state index contributed by atoms with van der Waals surface area (Å²) in [7, 11) is 0. The van der Waals surface area contributed by atoms with Gasteiger partial charge in [-0.1, -0.05) is 0 Å². The predicted molar refractivity (Wildman–Crippen MR) is 59.0 cm³/mol. The summed E-state index contributed by atoms with van der Waals surface area (Å²) in [6.45, 7) is 0.522. The molecule has 1 heterocycles. The number of hydrogen-bond acceptors (Lipinski definition) is 4. The molecule has 0 aliphatic carbocycles. The van der Waals surface area contributed by atoms with Gasteiger partial charge in [-0.15, -0.1) is 0 Å². The van der Waals surface area contributed by atoms with Crippen molar-refractivity contribution in [2.75, 3.05) is 11.9 Å². The molecule has 0 unspecified atom stereocenters. The second-order valence-corrected chi connectivity index (χ2v) is 3.41. The lowest BCUT2D eigenvalue weighted by molar-refractivity contribution is -0.112. The van der Waals surface area contributed by atoms with Gasteiger partial charge >= 0.3 is 5.97 Å². The zero-order valence-electron chi connectivity index (χ0n) is 8.43. The Bertz CT molecular complexity index is 463. The number of aliphatic imine (C=N–C) groups is 1. The fourth-order valence-electron chi connectivity index (χ4n) is 1.42. The molecular weight excluding hydrogens is 208 g/mol. The average Bonchev–Trinajstić information content (AvgIpc) is 2.65. The minimum Gasteiger partial charge on any atom is -0.478 e. The van der Waals surface area contributed by atoms with Gasteiger partial charge in [0, 0.05) is 18.7 Å². The molecule has 0 saturated carbocycles. The maximum Gasteiger partial charge on any atom is 0.335 e. The van der Waals surface area contributed by atoms with Crippen LogP contribution in [0.5, 0.6) is 0 Å². The number of Topliss-reactive ketones (excluding diaryl/α,β-unsaturated/α-hetero) is 1. The second-order valence-electron chi connectivity index (χ2n) is 3.41. The Morgan fingerprint density at radius 2 is 2.00 bits per heavy atom. The van der Waals surface area contributed by atoms with Crippen molar-refractivity contribution in [3.63, 3.8) is 0 Å². The third-order valence-corrected chi connectivity index (χ3v) is 2.27. The summed E-state index contributed by atoms with van der Waals surface area (Å²) in [4.78, 5) is 25.9. The highest BCUT2D eigenvalue weighted by Gasteiger charge is 2.16. The Kier molecular flexibility index (Phi) is 2.68. The van der Waals surface area contributed by atoms with Crippen molar-refractivity contribution in [2.45, 2.75) is 6.42 Å². The zero-order valence-corrected chi connectivity index (χ0v) is 8.43. The first-order valence-electron chi connectivity index (χ1n) is 4.85. The van der Waals surface area contributed by atoms with Crippen molar-refractivity contribution < 1.29 is 14.7 Å². The van der Waals surface area contributed by atoms with Crippen LogP contribution in [0.25, 0.3) is 0 Å². The van der Waals surface area contributed by atoms with E-state index in [9.17, 15) is 9.59 Å². The normalized spacial score (nSPS) is 14.8. The highest BCUT2D eigenvalue weighted by molar-refractivity contribution is 6.44. The van der Waals surface area contributed by atoms with Crippen LogP contribution in [0.2, 0.25) is 0 Å². The number of carboxylic acids is 1. The molecule has 1 aliphatic heterocycles. The zero-order chi connectivity index (χ0) is 11.5. The standard InChI is InChI=1S/C11H10N2O3/c14-9-5-6-12-10(9)13-8-3-1-7(2-4-8)11(15)16/h1-4H,5-6H2,(H,12,13)(H,15,16). The van der Waals surface area contributed by atoms with Crippen LogP contribution < -0.4 is 5.32 Å². The van der Waals surface area contributed by atoms with Gasteiger partial charge in [-0.3, -0.25) is 9.79 Å². The van der Waals surface area contributed by atoms with Crippen LogP contribution in [0.3, 0.4) is 0 Å². The molecule has 0 saturated heterocycles. The number of rotatable bonds is 2. The van der Waals surface area contributed by atoms with Crippen LogP contribution in [0.4, 0.5) is 5.69 Å². The fraction of sp³-hybridized carbons (Fsp3) is 0.182. The third-order valence-electron chi connectivity index (χ3n) is 2.27. The highest BCUT2D eigenvalue weighted by Crippen LogP contribution is 2.11. The van der Waals surface area contributed by atoms with Crippen molar-refractivity contribution in [3.05, 3.63) is 29.8 Å². The number of nitrogens with one attached hydrogen (secondary N) is 1. The molecule has 16 heavy (non-hydrogen) atoms. The Morgan fingerprint density at radius 1 is 1.31 bits per heavy atom. The number of carbonyl (C=O) groups is 2. The Labute approximate surface area is 91.8 Å². The van der Waals surface area contributed by atoms with Crippen molar-refractivity contribution in [3.8, 4) is 0 Å². The third kappa shape index (κ3) is 2.08. The lowest BCUT2D eigenvalue weighted by atomic mass is 10.2. The number of hydrogen-bond donors (Lipinski definition) is 2. The minimum absolute atomic E-state index is 0.0117. The SMILES string of the molecule is O=C1CCN=C1Nc1ccc(C(=O)O)cc1. The number of amidine groups is 1. The molecule has 1 aromatic rings. The molecule has 2 rings (SSSR count). The van der Waals surface area contributed by atoms with E-state index in [1.54, 1.807) is 12.1 Å².